The molecule has 1 aromatic carbocycles. The highest BCUT2D eigenvalue weighted by Crippen LogP contribution is 2.31. The van der Waals surface area contributed by atoms with E-state index in [4.69, 9.17) is 10.2 Å². The van der Waals surface area contributed by atoms with Gasteiger partial charge in [-0.1, -0.05) is 0 Å². The molecule has 1 heterocycles. The van der Waals surface area contributed by atoms with Crippen LogP contribution in [0, 0.1) is 24.0 Å². The molecule has 0 fully saturated rings. The van der Waals surface area contributed by atoms with Crippen LogP contribution in [0.4, 0.5) is 5.69 Å². The first-order valence-corrected chi connectivity index (χ1v) is 6.48. The molecule has 0 aliphatic rings. The molecule has 2 N–H and O–H groups in total. The number of nitro groups is 1. The van der Waals surface area contributed by atoms with E-state index in [-0.39, 0.29) is 16.7 Å². The van der Waals surface area contributed by atoms with Crippen molar-refractivity contribution in [2.75, 3.05) is 0 Å². The van der Waals surface area contributed by atoms with Gasteiger partial charge in [0.1, 0.15) is 11.5 Å². The van der Waals surface area contributed by atoms with Crippen molar-refractivity contribution in [2.24, 2.45) is 5.73 Å². The van der Waals surface area contributed by atoms with Gasteiger partial charge >= 0.3 is 0 Å². The number of furan rings is 1. The van der Waals surface area contributed by atoms with Crippen molar-refractivity contribution in [1.82, 2.24) is 0 Å². The second-order valence-electron chi connectivity index (χ2n) is 5.16. The minimum Gasteiger partial charge on any atom is -0.461 e. The maximum atomic E-state index is 10.9. The first kappa shape index (κ1) is 14.3. The Morgan fingerprint density at radius 1 is 1.30 bits per heavy atom. The van der Waals surface area contributed by atoms with Gasteiger partial charge in [0.25, 0.3) is 5.69 Å². The quantitative estimate of drug-likeness (QED) is 0.684. The minimum absolute atomic E-state index is 0.0358. The van der Waals surface area contributed by atoms with E-state index in [1.54, 1.807) is 19.1 Å². The lowest BCUT2D eigenvalue weighted by atomic mass is 10.0. The van der Waals surface area contributed by atoms with Gasteiger partial charge in [-0.25, -0.2) is 0 Å². The Bertz CT molecular complexity index is 645. The molecule has 0 radical (unpaired) electrons. The molecular formula is C15H18N2O3. The molecule has 20 heavy (non-hydrogen) atoms. The fourth-order valence-electron chi connectivity index (χ4n) is 2.21. The zero-order valence-corrected chi connectivity index (χ0v) is 11.8. The van der Waals surface area contributed by atoms with Crippen LogP contribution in [0.1, 0.15) is 23.8 Å². The Labute approximate surface area is 117 Å². The Morgan fingerprint density at radius 3 is 2.60 bits per heavy atom. The Balaban J connectivity index is 2.40. The number of nitrogens with zero attached hydrogens (tertiary/aromatic N) is 1. The molecule has 0 saturated carbocycles. The van der Waals surface area contributed by atoms with Crippen molar-refractivity contribution in [3.8, 4) is 11.3 Å². The van der Waals surface area contributed by atoms with Gasteiger partial charge in [-0.3, -0.25) is 10.1 Å². The maximum absolute atomic E-state index is 10.9. The van der Waals surface area contributed by atoms with Crippen LogP contribution in [0.2, 0.25) is 0 Å². The third-order valence-electron chi connectivity index (χ3n) is 3.19. The fraction of sp³-hybridized carbons (Fsp3) is 0.333. The minimum atomic E-state index is -0.365. The Morgan fingerprint density at radius 2 is 2.00 bits per heavy atom. The largest absolute Gasteiger partial charge is 0.461 e. The molecule has 0 saturated heterocycles. The second kappa shape index (κ2) is 5.46. The van der Waals surface area contributed by atoms with Gasteiger partial charge in [0.05, 0.1) is 4.92 Å². The van der Waals surface area contributed by atoms with Gasteiger partial charge in [-0.2, -0.15) is 0 Å². The molecule has 0 spiro atoms. The highest BCUT2D eigenvalue weighted by atomic mass is 16.6. The Hall–Kier alpha value is -2.14. The molecule has 2 rings (SSSR count). The van der Waals surface area contributed by atoms with Crippen LogP contribution in [0.3, 0.4) is 0 Å². The molecular weight excluding hydrogens is 256 g/mol. The summed E-state index contributed by atoms with van der Waals surface area (Å²) in [5.41, 5.74) is 8.21. The molecule has 5 nitrogen and oxygen atoms in total. The first-order valence-electron chi connectivity index (χ1n) is 6.48. The van der Waals surface area contributed by atoms with E-state index in [1.807, 2.05) is 26.0 Å². The lowest BCUT2D eigenvalue weighted by molar-refractivity contribution is -0.385. The van der Waals surface area contributed by atoms with Crippen LogP contribution in [-0.4, -0.2) is 11.0 Å². The summed E-state index contributed by atoms with van der Waals surface area (Å²) >= 11 is 0. The maximum Gasteiger partial charge on any atom is 0.272 e. The normalized spacial score (nSPS) is 12.4. The summed E-state index contributed by atoms with van der Waals surface area (Å²) in [6, 6.07) is 7.19. The molecule has 1 unspecified atom stereocenters. The second-order valence-corrected chi connectivity index (χ2v) is 5.16. The summed E-state index contributed by atoms with van der Waals surface area (Å²) in [6.45, 7) is 5.49. The smallest absolute Gasteiger partial charge is 0.272 e. The highest BCUT2D eigenvalue weighted by Gasteiger charge is 2.16. The SMILES string of the molecule is Cc1cc([N+](=O)[O-])c(C)cc1-c1ccc(CC(C)N)o1. The lowest BCUT2D eigenvalue weighted by Crippen LogP contribution is -2.17. The topological polar surface area (TPSA) is 82.3 Å². The van der Waals surface area contributed by atoms with E-state index < -0.39 is 0 Å². The number of hydrogen-bond acceptors (Lipinski definition) is 4. The zero-order chi connectivity index (χ0) is 14.9. The van der Waals surface area contributed by atoms with Gasteiger partial charge in [-0.05, 0) is 44.5 Å². The predicted molar refractivity (Wildman–Crippen MR) is 77.6 cm³/mol. The van der Waals surface area contributed by atoms with Gasteiger partial charge in [-0.15, -0.1) is 0 Å². The third kappa shape index (κ3) is 2.88. The number of rotatable bonds is 4. The molecule has 0 aliphatic carbocycles. The number of nitro benzene ring substituents is 1. The molecule has 0 amide bonds. The number of aryl methyl sites for hydroxylation is 2. The predicted octanol–water partition coefficient (Wildman–Crippen LogP) is 3.36. The molecule has 5 heteroatoms. The van der Waals surface area contributed by atoms with E-state index >= 15 is 0 Å². The van der Waals surface area contributed by atoms with Crippen LogP contribution in [0.5, 0.6) is 0 Å². The van der Waals surface area contributed by atoms with Crippen molar-refractivity contribution < 1.29 is 9.34 Å². The van der Waals surface area contributed by atoms with E-state index in [0.717, 1.165) is 22.6 Å². The van der Waals surface area contributed by atoms with Gasteiger partial charge in [0.15, 0.2) is 0 Å². The zero-order valence-electron chi connectivity index (χ0n) is 11.8. The summed E-state index contributed by atoms with van der Waals surface area (Å²) < 4.78 is 5.77. The summed E-state index contributed by atoms with van der Waals surface area (Å²) in [6.07, 6.45) is 0.672. The van der Waals surface area contributed by atoms with Crippen LogP contribution < -0.4 is 5.73 Å². The van der Waals surface area contributed by atoms with E-state index in [2.05, 4.69) is 0 Å². The number of nitrogens with two attached hydrogens (primary N) is 1. The summed E-state index contributed by atoms with van der Waals surface area (Å²) in [7, 11) is 0. The van der Waals surface area contributed by atoms with Crippen LogP contribution in [-0.2, 0) is 6.42 Å². The van der Waals surface area contributed by atoms with Crippen LogP contribution in [0.25, 0.3) is 11.3 Å². The van der Waals surface area contributed by atoms with E-state index in [0.29, 0.717) is 12.0 Å². The van der Waals surface area contributed by atoms with Crippen molar-refractivity contribution in [2.45, 2.75) is 33.2 Å². The van der Waals surface area contributed by atoms with Gasteiger partial charge in [0, 0.05) is 29.7 Å². The summed E-state index contributed by atoms with van der Waals surface area (Å²) in [5.74, 6) is 1.54. The monoisotopic (exact) mass is 274 g/mol. The highest BCUT2D eigenvalue weighted by molar-refractivity contribution is 5.66. The van der Waals surface area contributed by atoms with E-state index in [9.17, 15) is 10.1 Å². The molecule has 106 valence electrons. The molecule has 1 aromatic heterocycles. The summed E-state index contributed by atoms with van der Waals surface area (Å²) in [4.78, 5) is 10.6. The van der Waals surface area contributed by atoms with Gasteiger partial charge < -0.3 is 10.2 Å². The van der Waals surface area contributed by atoms with Crippen molar-refractivity contribution in [3.05, 3.63) is 51.3 Å². The van der Waals surface area contributed by atoms with Crippen molar-refractivity contribution in [3.63, 3.8) is 0 Å². The average Bonchev–Trinajstić information content (AvgIpc) is 2.78. The third-order valence-corrected chi connectivity index (χ3v) is 3.19. The van der Waals surface area contributed by atoms with E-state index in [1.165, 1.54) is 0 Å². The van der Waals surface area contributed by atoms with Gasteiger partial charge in [0.2, 0.25) is 0 Å². The number of benzene rings is 1. The molecule has 0 bridgehead atoms. The molecule has 2 aromatic rings. The molecule has 0 aliphatic heterocycles. The summed E-state index contributed by atoms with van der Waals surface area (Å²) in [5, 5.41) is 10.9. The van der Waals surface area contributed by atoms with Crippen LogP contribution >= 0.6 is 0 Å². The standard InChI is InChI=1S/C15H18N2O3/c1-9-7-14(17(18)19)10(2)6-13(9)15-5-4-12(20-15)8-11(3)16/h4-7,11H,8,16H2,1-3H3. The van der Waals surface area contributed by atoms with Crippen LogP contribution in [0.15, 0.2) is 28.7 Å². The lowest BCUT2D eigenvalue weighted by Gasteiger charge is -2.06. The average molecular weight is 274 g/mol. The first-order chi connectivity index (χ1) is 9.38. The fourth-order valence-corrected chi connectivity index (χ4v) is 2.21. The number of hydrogen-bond donors (Lipinski definition) is 1. The van der Waals surface area contributed by atoms with Crippen molar-refractivity contribution in [1.29, 1.82) is 0 Å². The van der Waals surface area contributed by atoms with Crippen molar-refractivity contribution >= 4 is 5.69 Å². The Kier molecular flexibility index (Phi) is 3.90. The molecule has 1 atom stereocenters.